The van der Waals surface area contributed by atoms with Crippen LogP contribution in [0.2, 0.25) is 0 Å². The van der Waals surface area contributed by atoms with Crippen LogP contribution in [0.25, 0.3) is 44.5 Å². The standard InChI is InChI=1S/C31H25N/c32-22-31-29(24-12-5-2-6-13-24)18-9-19-30(31)28-17-8-16-27(21-28)26-15-7-14-25(20-26)23-10-3-1-4-11-23/h1-21H,22,32H2. The first kappa shape index (κ1) is 20.0. The second kappa shape index (κ2) is 9.05. The Morgan fingerprint density at radius 1 is 0.375 bits per heavy atom. The summed E-state index contributed by atoms with van der Waals surface area (Å²) < 4.78 is 0. The molecule has 0 fully saturated rings. The summed E-state index contributed by atoms with van der Waals surface area (Å²) in [5.74, 6) is 0. The Morgan fingerprint density at radius 3 is 1.38 bits per heavy atom. The normalized spacial score (nSPS) is 10.8. The average molecular weight is 412 g/mol. The molecule has 0 aliphatic carbocycles. The highest BCUT2D eigenvalue weighted by Crippen LogP contribution is 2.34. The fourth-order valence-corrected chi connectivity index (χ4v) is 4.34. The van der Waals surface area contributed by atoms with E-state index in [0.29, 0.717) is 6.54 Å². The average Bonchev–Trinajstić information content (AvgIpc) is 2.89. The third-order valence-corrected chi connectivity index (χ3v) is 5.94. The predicted molar refractivity (Wildman–Crippen MR) is 136 cm³/mol. The fraction of sp³-hybridized carbons (Fsp3) is 0.0323. The van der Waals surface area contributed by atoms with Crippen LogP contribution < -0.4 is 5.73 Å². The lowest BCUT2D eigenvalue weighted by molar-refractivity contribution is 1.08. The molecule has 0 atom stereocenters. The zero-order chi connectivity index (χ0) is 21.8. The minimum atomic E-state index is 0.494. The third kappa shape index (κ3) is 3.99. The molecule has 0 saturated carbocycles. The molecule has 32 heavy (non-hydrogen) atoms. The lowest BCUT2D eigenvalue weighted by Gasteiger charge is -2.15. The summed E-state index contributed by atoms with van der Waals surface area (Å²) in [6.07, 6.45) is 0. The SMILES string of the molecule is NCc1c(-c2ccccc2)cccc1-c1cccc(-c2cccc(-c3ccccc3)c2)c1. The molecule has 1 heteroatoms. The minimum absolute atomic E-state index is 0.494. The monoisotopic (exact) mass is 411 g/mol. The van der Waals surface area contributed by atoms with Crippen molar-refractivity contribution in [3.8, 4) is 44.5 Å². The highest BCUT2D eigenvalue weighted by molar-refractivity contribution is 5.82. The smallest absolute Gasteiger partial charge is 0.0190 e. The molecular formula is C31H25N. The van der Waals surface area contributed by atoms with Gasteiger partial charge in [-0.25, -0.2) is 0 Å². The zero-order valence-electron chi connectivity index (χ0n) is 17.9. The van der Waals surface area contributed by atoms with E-state index in [9.17, 15) is 0 Å². The van der Waals surface area contributed by atoms with Gasteiger partial charge in [0.1, 0.15) is 0 Å². The van der Waals surface area contributed by atoms with Gasteiger partial charge in [-0.15, -0.1) is 0 Å². The molecule has 0 saturated heterocycles. The molecule has 5 rings (SSSR count). The summed E-state index contributed by atoms with van der Waals surface area (Å²) >= 11 is 0. The molecule has 154 valence electrons. The molecule has 1 nitrogen and oxygen atoms in total. The van der Waals surface area contributed by atoms with E-state index in [4.69, 9.17) is 5.73 Å². The van der Waals surface area contributed by atoms with Crippen molar-refractivity contribution in [2.75, 3.05) is 0 Å². The van der Waals surface area contributed by atoms with Crippen molar-refractivity contribution in [3.63, 3.8) is 0 Å². The number of nitrogens with two attached hydrogens (primary N) is 1. The van der Waals surface area contributed by atoms with Crippen molar-refractivity contribution < 1.29 is 0 Å². The number of rotatable bonds is 5. The molecule has 5 aromatic rings. The van der Waals surface area contributed by atoms with Crippen LogP contribution in [-0.2, 0) is 6.54 Å². The highest BCUT2D eigenvalue weighted by atomic mass is 14.5. The van der Waals surface area contributed by atoms with Gasteiger partial charge in [0.25, 0.3) is 0 Å². The summed E-state index contributed by atoms with van der Waals surface area (Å²) in [5, 5.41) is 0. The van der Waals surface area contributed by atoms with E-state index in [2.05, 4.69) is 121 Å². The van der Waals surface area contributed by atoms with E-state index in [0.717, 1.165) is 0 Å². The van der Waals surface area contributed by atoms with Crippen LogP contribution in [0.4, 0.5) is 0 Å². The highest BCUT2D eigenvalue weighted by Gasteiger charge is 2.11. The maximum Gasteiger partial charge on any atom is 0.0190 e. The first-order valence-corrected chi connectivity index (χ1v) is 11.0. The summed E-state index contributed by atoms with van der Waals surface area (Å²) in [6, 6.07) is 44.9. The van der Waals surface area contributed by atoms with Crippen LogP contribution in [0.1, 0.15) is 5.56 Å². The van der Waals surface area contributed by atoms with Crippen LogP contribution in [0, 0.1) is 0 Å². The Hall–Kier alpha value is -3.94. The van der Waals surface area contributed by atoms with Crippen LogP contribution in [0.3, 0.4) is 0 Å². The maximum atomic E-state index is 6.26. The molecule has 0 amide bonds. The first-order valence-electron chi connectivity index (χ1n) is 11.0. The Morgan fingerprint density at radius 2 is 0.781 bits per heavy atom. The van der Waals surface area contributed by atoms with Gasteiger partial charge in [0.15, 0.2) is 0 Å². The lowest BCUT2D eigenvalue weighted by Crippen LogP contribution is -2.02. The molecule has 0 aromatic heterocycles. The van der Waals surface area contributed by atoms with Crippen molar-refractivity contribution in [3.05, 3.63) is 133 Å². The molecular weight excluding hydrogens is 386 g/mol. The van der Waals surface area contributed by atoms with Crippen LogP contribution >= 0.6 is 0 Å². The lowest BCUT2D eigenvalue weighted by atomic mass is 9.90. The molecule has 2 N–H and O–H groups in total. The van der Waals surface area contributed by atoms with Gasteiger partial charge in [-0.2, -0.15) is 0 Å². The third-order valence-electron chi connectivity index (χ3n) is 5.94. The number of benzene rings is 5. The molecule has 5 aromatic carbocycles. The maximum absolute atomic E-state index is 6.26. The summed E-state index contributed by atoms with van der Waals surface area (Å²) in [4.78, 5) is 0. The molecule has 0 spiro atoms. The quantitative estimate of drug-likeness (QED) is 0.313. The van der Waals surface area contributed by atoms with E-state index in [1.165, 1.54) is 50.1 Å². The Labute approximate surface area is 189 Å². The predicted octanol–water partition coefficient (Wildman–Crippen LogP) is 7.81. The van der Waals surface area contributed by atoms with Gasteiger partial charge in [-0.1, -0.05) is 115 Å². The topological polar surface area (TPSA) is 26.0 Å². The molecule has 0 heterocycles. The van der Waals surface area contributed by atoms with Crippen LogP contribution in [-0.4, -0.2) is 0 Å². The molecule has 0 unspecified atom stereocenters. The largest absolute Gasteiger partial charge is 0.326 e. The van der Waals surface area contributed by atoms with E-state index in [-0.39, 0.29) is 0 Å². The van der Waals surface area contributed by atoms with E-state index < -0.39 is 0 Å². The summed E-state index contributed by atoms with van der Waals surface area (Å²) in [5.41, 5.74) is 17.1. The second-order valence-electron chi connectivity index (χ2n) is 7.93. The van der Waals surface area contributed by atoms with Gasteiger partial charge < -0.3 is 5.73 Å². The summed E-state index contributed by atoms with van der Waals surface area (Å²) in [6.45, 7) is 0.494. The van der Waals surface area contributed by atoms with E-state index >= 15 is 0 Å². The van der Waals surface area contributed by atoms with E-state index in [1.807, 2.05) is 6.07 Å². The van der Waals surface area contributed by atoms with Crippen molar-refractivity contribution in [1.82, 2.24) is 0 Å². The van der Waals surface area contributed by atoms with Gasteiger partial charge in [0.05, 0.1) is 0 Å². The van der Waals surface area contributed by atoms with Crippen molar-refractivity contribution in [2.45, 2.75) is 6.54 Å². The summed E-state index contributed by atoms with van der Waals surface area (Å²) in [7, 11) is 0. The van der Waals surface area contributed by atoms with Crippen molar-refractivity contribution >= 4 is 0 Å². The van der Waals surface area contributed by atoms with Gasteiger partial charge >= 0.3 is 0 Å². The van der Waals surface area contributed by atoms with Crippen molar-refractivity contribution in [2.24, 2.45) is 5.73 Å². The second-order valence-corrected chi connectivity index (χ2v) is 7.93. The van der Waals surface area contributed by atoms with Gasteiger partial charge in [0, 0.05) is 6.54 Å². The zero-order valence-corrected chi connectivity index (χ0v) is 17.9. The van der Waals surface area contributed by atoms with Crippen molar-refractivity contribution in [1.29, 1.82) is 0 Å². The van der Waals surface area contributed by atoms with E-state index in [1.54, 1.807) is 0 Å². The van der Waals surface area contributed by atoms with Gasteiger partial charge in [-0.05, 0) is 62.2 Å². The molecule has 0 aliphatic heterocycles. The Bertz CT molecular complexity index is 1340. The molecule has 0 aliphatic rings. The Balaban J connectivity index is 1.58. The molecule has 0 bridgehead atoms. The molecule has 0 radical (unpaired) electrons. The number of hydrogen-bond acceptors (Lipinski definition) is 1. The number of hydrogen-bond donors (Lipinski definition) is 1. The first-order chi connectivity index (χ1) is 15.8. The fourth-order valence-electron chi connectivity index (χ4n) is 4.34. The minimum Gasteiger partial charge on any atom is -0.326 e. The Kier molecular flexibility index (Phi) is 5.65. The van der Waals surface area contributed by atoms with Crippen LogP contribution in [0.5, 0.6) is 0 Å². The van der Waals surface area contributed by atoms with Gasteiger partial charge in [-0.3, -0.25) is 0 Å². The van der Waals surface area contributed by atoms with Crippen LogP contribution in [0.15, 0.2) is 127 Å². The van der Waals surface area contributed by atoms with Gasteiger partial charge in [0.2, 0.25) is 0 Å².